The highest BCUT2D eigenvalue weighted by atomic mass is 19.1. The summed E-state index contributed by atoms with van der Waals surface area (Å²) in [5, 5.41) is 3.95. The summed E-state index contributed by atoms with van der Waals surface area (Å²) < 4.78 is 30.9. The second kappa shape index (κ2) is 6.65. The van der Waals surface area contributed by atoms with Crippen LogP contribution in [0, 0.1) is 5.82 Å². The molecule has 0 aliphatic heterocycles. The quantitative estimate of drug-likeness (QED) is 0.425. The molecule has 0 bridgehead atoms. The number of hydrogen-bond acceptors (Lipinski definition) is 5. The van der Waals surface area contributed by atoms with E-state index in [0.29, 0.717) is 41.2 Å². The monoisotopic (exact) mass is 353 g/mol. The third-order valence-corrected chi connectivity index (χ3v) is 4.18. The Balaban J connectivity index is 2.06. The molecule has 0 unspecified atom stereocenters. The number of fused-ring (bicyclic) bond motifs is 3. The van der Waals surface area contributed by atoms with Gasteiger partial charge in [-0.15, -0.1) is 0 Å². The smallest absolute Gasteiger partial charge is 0.348 e. The maximum Gasteiger partial charge on any atom is 0.348 e. The van der Waals surface area contributed by atoms with Gasteiger partial charge in [0, 0.05) is 19.2 Å². The summed E-state index contributed by atoms with van der Waals surface area (Å²) in [6.45, 7) is 0.879. The fourth-order valence-electron chi connectivity index (χ4n) is 3.02. The largest absolute Gasteiger partial charge is 0.439 e. The van der Waals surface area contributed by atoms with Crippen LogP contribution < -0.4 is 10.9 Å². The zero-order valence-corrected chi connectivity index (χ0v) is 14.0. The van der Waals surface area contributed by atoms with Crippen LogP contribution in [0.3, 0.4) is 0 Å². The van der Waals surface area contributed by atoms with Crippen LogP contribution in [0.5, 0.6) is 0 Å². The summed E-state index contributed by atoms with van der Waals surface area (Å²) in [5.41, 5.74) is 0.847. The van der Waals surface area contributed by atoms with E-state index < -0.39 is 11.4 Å². The molecule has 2 aromatic heterocycles. The van der Waals surface area contributed by atoms with Gasteiger partial charge in [-0.05, 0) is 18.2 Å². The van der Waals surface area contributed by atoms with Crippen molar-refractivity contribution in [1.82, 2.24) is 0 Å². The number of hydrogen-bond donors (Lipinski definition) is 1. The molecule has 0 amide bonds. The van der Waals surface area contributed by atoms with E-state index in [1.165, 1.54) is 6.07 Å². The standard InChI is InChI=1S/C20H16FNO4/c1-24-11-10-22-19-16(12-6-2-4-8-14(12)21)17-18(26-19)13-7-3-5-9-15(13)25-20(17)23/h2-9,22H,10-11H2,1H3. The molecule has 0 fully saturated rings. The number of anilines is 1. The highest BCUT2D eigenvalue weighted by molar-refractivity contribution is 6.09. The van der Waals surface area contributed by atoms with E-state index in [-0.39, 0.29) is 10.9 Å². The number of para-hydroxylation sites is 1. The third-order valence-electron chi connectivity index (χ3n) is 4.18. The summed E-state index contributed by atoms with van der Waals surface area (Å²) in [5.74, 6) is -0.136. The van der Waals surface area contributed by atoms with Crippen molar-refractivity contribution in [3.05, 3.63) is 64.8 Å². The molecule has 0 aliphatic carbocycles. The SMILES string of the molecule is COCCNc1oc2c(c1-c1ccccc1F)c(=O)oc1ccccc12. The van der Waals surface area contributed by atoms with Gasteiger partial charge in [-0.1, -0.05) is 30.3 Å². The van der Waals surface area contributed by atoms with Gasteiger partial charge in [-0.25, -0.2) is 9.18 Å². The summed E-state index contributed by atoms with van der Waals surface area (Å²) in [6.07, 6.45) is 0. The lowest BCUT2D eigenvalue weighted by Gasteiger charge is -2.06. The van der Waals surface area contributed by atoms with E-state index in [1.54, 1.807) is 43.5 Å². The second-order valence-electron chi connectivity index (χ2n) is 5.80. The Hall–Kier alpha value is -3.12. The Bertz CT molecular complexity index is 1150. The molecule has 4 aromatic rings. The van der Waals surface area contributed by atoms with Crippen LogP contribution in [0.1, 0.15) is 0 Å². The molecule has 5 nitrogen and oxygen atoms in total. The molecule has 0 atom stereocenters. The number of methoxy groups -OCH3 is 1. The first-order valence-corrected chi connectivity index (χ1v) is 8.16. The highest BCUT2D eigenvalue weighted by Gasteiger charge is 2.24. The van der Waals surface area contributed by atoms with Crippen molar-refractivity contribution in [3.8, 4) is 11.1 Å². The minimum absolute atomic E-state index is 0.216. The Kier molecular flexibility index (Phi) is 4.18. The minimum Gasteiger partial charge on any atom is -0.439 e. The molecule has 0 saturated heterocycles. The molecule has 0 saturated carbocycles. The Morgan fingerprint density at radius 1 is 1.08 bits per heavy atom. The molecule has 2 heterocycles. The topological polar surface area (TPSA) is 64.6 Å². The lowest BCUT2D eigenvalue weighted by Crippen LogP contribution is -2.08. The second-order valence-corrected chi connectivity index (χ2v) is 5.80. The van der Waals surface area contributed by atoms with Crippen LogP contribution in [0.4, 0.5) is 10.3 Å². The molecule has 0 aliphatic rings. The number of benzene rings is 2. The molecule has 0 spiro atoms. The first-order valence-electron chi connectivity index (χ1n) is 8.16. The van der Waals surface area contributed by atoms with Gasteiger partial charge >= 0.3 is 5.63 Å². The van der Waals surface area contributed by atoms with E-state index in [0.717, 1.165) is 0 Å². The first kappa shape index (κ1) is 16.4. The van der Waals surface area contributed by atoms with Crippen molar-refractivity contribution < 1.29 is 18.0 Å². The van der Waals surface area contributed by atoms with Gasteiger partial charge < -0.3 is 18.9 Å². The molecular formula is C20H16FNO4. The van der Waals surface area contributed by atoms with Crippen molar-refractivity contribution in [3.63, 3.8) is 0 Å². The number of halogens is 1. The van der Waals surface area contributed by atoms with Gasteiger partial charge in [0.2, 0.25) is 5.88 Å². The van der Waals surface area contributed by atoms with Crippen LogP contribution in [-0.2, 0) is 4.74 Å². The number of furan rings is 1. The van der Waals surface area contributed by atoms with Crippen molar-refractivity contribution in [2.75, 3.05) is 25.6 Å². The zero-order chi connectivity index (χ0) is 18.1. The molecule has 4 rings (SSSR count). The summed E-state index contributed by atoms with van der Waals surface area (Å²) in [4.78, 5) is 12.6. The van der Waals surface area contributed by atoms with Crippen molar-refractivity contribution in [1.29, 1.82) is 0 Å². The highest BCUT2D eigenvalue weighted by Crippen LogP contribution is 2.40. The summed E-state index contributed by atoms with van der Waals surface area (Å²) >= 11 is 0. The van der Waals surface area contributed by atoms with Crippen molar-refractivity contribution in [2.24, 2.45) is 0 Å². The van der Waals surface area contributed by atoms with E-state index in [9.17, 15) is 9.18 Å². The molecule has 1 N–H and O–H groups in total. The van der Waals surface area contributed by atoms with Crippen LogP contribution in [0.15, 0.2) is 62.2 Å². The molecule has 6 heteroatoms. The van der Waals surface area contributed by atoms with E-state index in [4.69, 9.17) is 13.6 Å². The van der Waals surface area contributed by atoms with Crippen molar-refractivity contribution in [2.45, 2.75) is 0 Å². The first-order chi connectivity index (χ1) is 12.7. The Morgan fingerprint density at radius 2 is 1.85 bits per heavy atom. The minimum atomic E-state index is -0.569. The van der Waals surface area contributed by atoms with E-state index in [1.807, 2.05) is 6.07 Å². The number of rotatable bonds is 5. The lowest BCUT2D eigenvalue weighted by atomic mass is 10.0. The maximum atomic E-state index is 14.5. The van der Waals surface area contributed by atoms with Gasteiger partial charge in [-0.2, -0.15) is 0 Å². The van der Waals surface area contributed by atoms with Crippen LogP contribution in [-0.4, -0.2) is 20.3 Å². The molecular weight excluding hydrogens is 337 g/mol. The van der Waals surface area contributed by atoms with Crippen molar-refractivity contribution >= 4 is 27.8 Å². The molecule has 0 radical (unpaired) electrons. The number of ether oxygens (including phenoxy) is 1. The van der Waals surface area contributed by atoms with Crippen LogP contribution in [0.25, 0.3) is 33.1 Å². The predicted molar refractivity (Wildman–Crippen MR) is 98.0 cm³/mol. The van der Waals surface area contributed by atoms with Gasteiger partial charge in [-0.3, -0.25) is 0 Å². The molecule has 132 valence electrons. The fourth-order valence-corrected chi connectivity index (χ4v) is 3.02. The average Bonchev–Trinajstić information content (AvgIpc) is 3.03. The summed E-state index contributed by atoms with van der Waals surface area (Å²) in [6, 6.07) is 13.3. The normalized spacial score (nSPS) is 11.3. The van der Waals surface area contributed by atoms with Gasteiger partial charge in [0.25, 0.3) is 0 Å². The van der Waals surface area contributed by atoms with Gasteiger partial charge in [0.05, 0.1) is 17.6 Å². The number of nitrogens with one attached hydrogen (secondary N) is 1. The van der Waals surface area contributed by atoms with Crippen LogP contribution >= 0.6 is 0 Å². The zero-order valence-electron chi connectivity index (χ0n) is 14.0. The molecule has 26 heavy (non-hydrogen) atoms. The van der Waals surface area contributed by atoms with E-state index >= 15 is 0 Å². The van der Waals surface area contributed by atoms with Gasteiger partial charge in [0.15, 0.2) is 5.58 Å². The third kappa shape index (κ3) is 2.64. The Morgan fingerprint density at radius 3 is 2.65 bits per heavy atom. The maximum absolute atomic E-state index is 14.5. The fraction of sp³-hybridized carbons (Fsp3) is 0.150. The van der Waals surface area contributed by atoms with E-state index in [2.05, 4.69) is 5.32 Å². The Labute approximate surface area is 148 Å². The van der Waals surface area contributed by atoms with Gasteiger partial charge in [0.1, 0.15) is 16.8 Å². The van der Waals surface area contributed by atoms with Crippen LogP contribution in [0.2, 0.25) is 0 Å². The predicted octanol–water partition coefficient (Wildman–Crippen LogP) is 4.40. The summed E-state index contributed by atoms with van der Waals surface area (Å²) in [7, 11) is 1.58. The molecule has 2 aromatic carbocycles. The lowest BCUT2D eigenvalue weighted by molar-refractivity contribution is 0.210. The average molecular weight is 353 g/mol.